The molecule has 0 spiro atoms. The topological polar surface area (TPSA) is 18.5 Å². The molecular weight excluding hydrogens is 128 g/mol. The van der Waals surface area contributed by atoms with E-state index in [0.29, 0.717) is 6.79 Å². The molecule has 0 saturated carbocycles. The first-order valence-electron chi connectivity index (χ1n) is 4.15. The van der Waals surface area contributed by atoms with E-state index < -0.39 is 0 Å². The van der Waals surface area contributed by atoms with Crippen LogP contribution in [-0.4, -0.2) is 20.0 Å². The van der Waals surface area contributed by atoms with Gasteiger partial charge in [0.05, 0.1) is 0 Å². The molecular formula is C8H16O2. The van der Waals surface area contributed by atoms with Gasteiger partial charge in [0.2, 0.25) is 0 Å². The number of rotatable bonds is 0. The third-order valence-electron chi connectivity index (χ3n) is 1.74. The van der Waals surface area contributed by atoms with E-state index in [4.69, 9.17) is 9.47 Å². The van der Waals surface area contributed by atoms with Crippen molar-refractivity contribution in [1.29, 1.82) is 0 Å². The van der Waals surface area contributed by atoms with E-state index in [0.717, 1.165) is 13.2 Å². The number of hydrogen-bond acceptors (Lipinski definition) is 2. The van der Waals surface area contributed by atoms with Gasteiger partial charge in [0.15, 0.2) is 0 Å². The van der Waals surface area contributed by atoms with Gasteiger partial charge in [-0.05, 0) is 12.8 Å². The summed E-state index contributed by atoms with van der Waals surface area (Å²) in [4.78, 5) is 0. The minimum absolute atomic E-state index is 0.500. The molecule has 0 aromatic rings. The summed E-state index contributed by atoms with van der Waals surface area (Å²) < 4.78 is 10.4. The third-order valence-corrected chi connectivity index (χ3v) is 1.74. The molecule has 0 bridgehead atoms. The van der Waals surface area contributed by atoms with Crippen molar-refractivity contribution in [3.63, 3.8) is 0 Å². The number of hydrogen-bond donors (Lipinski definition) is 0. The van der Waals surface area contributed by atoms with Crippen LogP contribution in [0.15, 0.2) is 0 Å². The first-order chi connectivity index (χ1) is 5.00. The van der Waals surface area contributed by atoms with Crippen LogP contribution in [0.2, 0.25) is 0 Å². The van der Waals surface area contributed by atoms with E-state index in [1.807, 2.05) is 0 Å². The normalized spacial score (nSPS) is 24.0. The zero-order valence-corrected chi connectivity index (χ0v) is 6.47. The largest absolute Gasteiger partial charge is 0.355 e. The van der Waals surface area contributed by atoms with Crippen LogP contribution in [0.5, 0.6) is 0 Å². The van der Waals surface area contributed by atoms with Gasteiger partial charge in [-0.3, -0.25) is 0 Å². The van der Waals surface area contributed by atoms with Gasteiger partial charge in [-0.25, -0.2) is 0 Å². The molecule has 1 aliphatic rings. The van der Waals surface area contributed by atoms with Crippen molar-refractivity contribution in [2.75, 3.05) is 20.0 Å². The molecule has 0 radical (unpaired) electrons. The Hall–Kier alpha value is -0.0800. The molecule has 1 saturated heterocycles. The summed E-state index contributed by atoms with van der Waals surface area (Å²) >= 11 is 0. The Morgan fingerprint density at radius 3 is 1.70 bits per heavy atom. The molecule has 60 valence electrons. The molecule has 0 aliphatic carbocycles. The van der Waals surface area contributed by atoms with Crippen molar-refractivity contribution >= 4 is 0 Å². The maximum atomic E-state index is 5.19. The Morgan fingerprint density at radius 1 is 0.600 bits per heavy atom. The van der Waals surface area contributed by atoms with Gasteiger partial charge < -0.3 is 9.47 Å². The Balaban J connectivity index is 2.00. The van der Waals surface area contributed by atoms with E-state index in [1.54, 1.807) is 0 Å². The van der Waals surface area contributed by atoms with Crippen LogP contribution in [0.1, 0.15) is 32.1 Å². The summed E-state index contributed by atoms with van der Waals surface area (Å²) in [6.45, 7) is 2.25. The fourth-order valence-electron chi connectivity index (χ4n) is 1.12. The van der Waals surface area contributed by atoms with Gasteiger partial charge in [0, 0.05) is 13.2 Å². The lowest BCUT2D eigenvalue weighted by Gasteiger charge is -2.08. The second-order valence-electron chi connectivity index (χ2n) is 2.70. The fourth-order valence-corrected chi connectivity index (χ4v) is 1.12. The van der Waals surface area contributed by atoms with Crippen LogP contribution in [0.4, 0.5) is 0 Å². The first kappa shape index (κ1) is 8.02. The molecule has 0 aromatic heterocycles. The van der Waals surface area contributed by atoms with Gasteiger partial charge in [-0.2, -0.15) is 0 Å². The van der Waals surface area contributed by atoms with Crippen molar-refractivity contribution in [2.45, 2.75) is 32.1 Å². The monoisotopic (exact) mass is 144 g/mol. The van der Waals surface area contributed by atoms with Gasteiger partial charge in [-0.15, -0.1) is 0 Å². The Morgan fingerprint density at radius 2 is 1.10 bits per heavy atom. The lowest BCUT2D eigenvalue weighted by atomic mass is 10.1. The highest BCUT2D eigenvalue weighted by Crippen LogP contribution is 2.05. The second kappa shape index (κ2) is 5.69. The molecule has 0 atom stereocenters. The highest BCUT2D eigenvalue weighted by molar-refractivity contribution is 4.44. The van der Waals surface area contributed by atoms with Gasteiger partial charge in [0.1, 0.15) is 6.79 Å². The second-order valence-corrected chi connectivity index (χ2v) is 2.70. The standard InChI is InChI=1S/C8H16O2/c1-2-4-6-9-8-10-7-5-3-1/h1-8H2. The summed E-state index contributed by atoms with van der Waals surface area (Å²) in [7, 11) is 0. The molecule has 0 unspecified atom stereocenters. The predicted molar refractivity (Wildman–Crippen MR) is 39.9 cm³/mol. The Kier molecular flexibility index (Phi) is 4.56. The molecule has 0 amide bonds. The maximum absolute atomic E-state index is 5.19. The van der Waals surface area contributed by atoms with Crippen molar-refractivity contribution in [2.24, 2.45) is 0 Å². The molecule has 10 heavy (non-hydrogen) atoms. The molecule has 1 aliphatic heterocycles. The first-order valence-corrected chi connectivity index (χ1v) is 4.15. The Bertz CT molecular complexity index is 40.4. The molecule has 2 heteroatoms. The van der Waals surface area contributed by atoms with Crippen LogP contribution in [0.3, 0.4) is 0 Å². The van der Waals surface area contributed by atoms with Crippen LogP contribution in [0.25, 0.3) is 0 Å². The average molecular weight is 144 g/mol. The fraction of sp³-hybridized carbons (Fsp3) is 1.00. The SMILES string of the molecule is C1CCCOCOCCC1. The van der Waals surface area contributed by atoms with Gasteiger partial charge in [-0.1, -0.05) is 19.3 Å². The summed E-state index contributed by atoms with van der Waals surface area (Å²) in [6, 6.07) is 0. The van der Waals surface area contributed by atoms with E-state index in [1.165, 1.54) is 32.1 Å². The number of ether oxygens (including phenoxy) is 2. The highest BCUT2D eigenvalue weighted by Gasteiger charge is 1.95. The van der Waals surface area contributed by atoms with Crippen molar-refractivity contribution in [3.05, 3.63) is 0 Å². The lowest BCUT2D eigenvalue weighted by Crippen LogP contribution is -2.04. The summed E-state index contributed by atoms with van der Waals surface area (Å²) in [5.74, 6) is 0. The van der Waals surface area contributed by atoms with Crippen LogP contribution >= 0.6 is 0 Å². The van der Waals surface area contributed by atoms with Crippen molar-refractivity contribution in [3.8, 4) is 0 Å². The minimum atomic E-state index is 0.500. The van der Waals surface area contributed by atoms with Crippen LogP contribution < -0.4 is 0 Å². The molecule has 1 rings (SSSR count). The minimum Gasteiger partial charge on any atom is -0.355 e. The highest BCUT2D eigenvalue weighted by atomic mass is 16.7. The van der Waals surface area contributed by atoms with E-state index in [2.05, 4.69) is 0 Å². The summed E-state index contributed by atoms with van der Waals surface area (Å²) in [6.07, 6.45) is 6.37. The summed E-state index contributed by atoms with van der Waals surface area (Å²) in [5, 5.41) is 0. The zero-order valence-electron chi connectivity index (χ0n) is 6.47. The lowest BCUT2D eigenvalue weighted by molar-refractivity contribution is -0.0580. The molecule has 1 heterocycles. The molecule has 0 aromatic carbocycles. The van der Waals surface area contributed by atoms with Crippen LogP contribution in [-0.2, 0) is 9.47 Å². The van der Waals surface area contributed by atoms with Crippen molar-refractivity contribution in [1.82, 2.24) is 0 Å². The van der Waals surface area contributed by atoms with Crippen molar-refractivity contribution < 1.29 is 9.47 Å². The molecule has 1 fully saturated rings. The molecule has 2 nitrogen and oxygen atoms in total. The van der Waals surface area contributed by atoms with Gasteiger partial charge >= 0.3 is 0 Å². The van der Waals surface area contributed by atoms with E-state index in [-0.39, 0.29) is 0 Å². The van der Waals surface area contributed by atoms with Gasteiger partial charge in [0.25, 0.3) is 0 Å². The van der Waals surface area contributed by atoms with E-state index in [9.17, 15) is 0 Å². The average Bonchev–Trinajstić information content (AvgIpc) is 2.01. The zero-order chi connectivity index (χ0) is 7.07. The van der Waals surface area contributed by atoms with Crippen LogP contribution in [0, 0.1) is 0 Å². The third kappa shape index (κ3) is 3.85. The smallest absolute Gasteiger partial charge is 0.146 e. The van der Waals surface area contributed by atoms with E-state index >= 15 is 0 Å². The summed E-state index contributed by atoms with van der Waals surface area (Å²) in [5.41, 5.74) is 0. The predicted octanol–water partition coefficient (Wildman–Crippen LogP) is 1.94. The maximum Gasteiger partial charge on any atom is 0.146 e. The molecule has 0 N–H and O–H groups in total. The quantitative estimate of drug-likeness (QED) is 0.517. The Labute approximate surface area is 62.5 Å².